The highest BCUT2D eigenvalue weighted by Crippen LogP contribution is 2.30. The van der Waals surface area contributed by atoms with Gasteiger partial charge in [-0.2, -0.15) is 0 Å². The molecule has 2 N–H and O–H groups in total. The van der Waals surface area contributed by atoms with Crippen LogP contribution in [0.15, 0.2) is 30.5 Å². The van der Waals surface area contributed by atoms with Crippen molar-refractivity contribution in [2.75, 3.05) is 30.3 Å². The zero-order valence-electron chi connectivity index (χ0n) is 18.2. The van der Waals surface area contributed by atoms with E-state index in [9.17, 15) is 4.79 Å². The van der Waals surface area contributed by atoms with Crippen LogP contribution in [-0.4, -0.2) is 46.5 Å². The summed E-state index contributed by atoms with van der Waals surface area (Å²) in [6.07, 6.45) is 10.2. The van der Waals surface area contributed by atoms with E-state index in [0.717, 1.165) is 55.4 Å². The Hall–Kier alpha value is -2.34. The number of carbonyl (C=O) groups excluding carboxylic acids is 1. The van der Waals surface area contributed by atoms with Crippen LogP contribution in [0.1, 0.15) is 51.9 Å². The van der Waals surface area contributed by atoms with Crippen molar-refractivity contribution in [3.8, 4) is 11.3 Å². The number of rotatable bonds is 6. The Morgan fingerprint density at radius 3 is 2.81 bits per heavy atom. The van der Waals surface area contributed by atoms with Gasteiger partial charge in [0.2, 0.25) is 5.91 Å². The van der Waals surface area contributed by atoms with Gasteiger partial charge in [0.15, 0.2) is 0 Å². The lowest BCUT2D eigenvalue weighted by Gasteiger charge is -2.32. The second kappa shape index (κ2) is 10.3. The maximum Gasteiger partial charge on any atom is 0.219 e. The molecule has 2 aromatic heterocycles. The third kappa shape index (κ3) is 5.88. The molecule has 2 fully saturated rings. The molecule has 1 aliphatic heterocycles. The van der Waals surface area contributed by atoms with Gasteiger partial charge in [-0.05, 0) is 49.8 Å². The number of nitrogens with zero attached hydrogens (tertiary/aromatic N) is 3. The number of carbonyl (C=O) groups is 1. The summed E-state index contributed by atoms with van der Waals surface area (Å²) in [7, 11) is 0. The van der Waals surface area contributed by atoms with E-state index in [0.29, 0.717) is 17.0 Å². The number of hydrogen-bond donors (Lipinski definition) is 2. The summed E-state index contributed by atoms with van der Waals surface area (Å²) in [5, 5.41) is 7.63. The van der Waals surface area contributed by atoms with Crippen molar-refractivity contribution in [3.05, 3.63) is 35.5 Å². The minimum atomic E-state index is 0.162. The predicted octanol–water partition coefficient (Wildman–Crippen LogP) is 5.21. The molecule has 6 nitrogen and oxygen atoms in total. The molecule has 7 heteroatoms. The van der Waals surface area contributed by atoms with Crippen LogP contribution in [0.3, 0.4) is 0 Å². The molecule has 0 radical (unpaired) electrons. The first-order chi connectivity index (χ1) is 15.1. The van der Waals surface area contributed by atoms with Gasteiger partial charge in [0.25, 0.3) is 0 Å². The zero-order valence-corrected chi connectivity index (χ0v) is 19.0. The summed E-state index contributed by atoms with van der Waals surface area (Å²) >= 11 is 6.48. The van der Waals surface area contributed by atoms with Crippen LogP contribution in [-0.2, 0) is 4.79 Å². The van der Waals surface area contributed by atoms with Crippen molar-refractivity contribution < 1.29 is 4.79 Å². The molecule has 166 valence electrons. The number of halogens is 1. The maximum absolute atomic E-state index is 11.7. The van der Waals surface area contributed by atoms with E-state index in [-0.39, 0.29) is 5.91 Å². The van der Waals surface area contributed by atoms with Crippen LogP contribution in [0.4, 0.5) is 11.6 Å². The molecular formula is C24H32ClN5O. The molecule has 31 heavy (non-hydrogen) atoms. The summed E-state index contributed by atoms with van der Waals surface area (Å²) in [4.78, 5) is 22.9. The lowest BCUT2D eigenvalue weighted by Crippen LogP contribution is -2.40. The second-order valence-electron chi connectivity index (χ2n) is 8.79. The molecule has 1 aliphatic carbocycles. The topological polar surface area (TPSA) is 70.2 Å². The van der Waals surface area contributed by atoms with E-state index >= 15 is 0 Å². The van der Waals surface area contributed by atoms with Gasteiger partial charge in [-0.15, -0.1) is 0 Å². The van der Waals surface area contributed by atoms with Crippen molar-refractivity contribution in [1.29, 1.82) is 0 Å². The molecule has 2 aliphatic rings. The Bertz CT molecular complexity index is 899. The van der Waals surface area contributed by atoms with Crippen molar-refractivity contribution in [3.63, 3.8) is 0 Å². The van der Waals surface area contributed by atoms with Gasteiger partial charge >= 0.3 is 0 Å². The normalized spacial score (nSPS) is 19.8. The smallest absolute Gasteiger partial charge is 0.219 e. The SMILES string of the molecule is CC(=O)N1CCC[C@H](CNc2cccc(-c3cc(NC4CCCCC4)ncc3Cl)n2)C1. The number of aromatic nitrogens is 2. The first-order valence-corrected chi connectivity index (χ1v) is 11.8. The zero-order chi connectivity index (χ0) is 21.6. The highest BCUT2D eigenvalue weighted by molar-refractivity contribution is 6.33. The molecule has 0 aromatic carbocycles. The summed E-state index contributed by atoms with van der Waals surface area (Å²) in [6.45, 7) is 4.14. The monoisotopic (exact) mass is 441 g/mol. The third-order valence-corrected chi connectivity index (χ3v) is 6.67. The molecule has 3 heterocycles. The van der Waals surface area contributed by atoms with Gasteiger partial charge in [-0.1, -0.05) is 36.9 Å². The minimum absolute atomic E-state index is 0.162. The van der Waals surface area contributed by atoms with Crippen molar-refractivity contribution in [2.45, 2.75) is 57.9 Å². The van der Waals surface area contributed by atoms with E-state index in [1.807, 2.05) is 29.2 Å². The summed E-state index contributed by atoms with van der Waals surface area (Å²) < 4.78 is 0. The van der Waals surface area contributed by atoms with Gasteiger partial charge in [-0.3, -0.25) is 4.79 Å². The Balaban J connectivity index is 1.42. The molecule has 1 saturated carbocycles. The van der Waals surface area contributed by atoms with E-state index < -0.39 is 0 Å². The maximum atomic E-state index is 11.7. The van der Waals surface area contributed by atoms with Crippen molar-refractivity contribution in [2.24, 2.45) is 5.92 Å². The molecule has 2 aromatic rings. The number of anilines is 2. The van der Waals surface area contributed by atoms with E-state index in [2.05, 4.69) is 15.6 Å². The molecule has 0 spiro atoms. The van der Waals surface area contributed by atoms with Gasteiger partial charge in [0.05, 0.1) is 10.7 Å². The number of hydrogen-bond acceptors (Lipinski definition) is 5. The predicted molar refractivity (Wildman–Crippen MR) is 126 cm³/mol. The fourth-order valence-corrected chi connectivity index (χ4v) is 4.82. The number of pyridine rings is 2. The standard InChI is InChI=1S/C24H32ClN5O/c1-17(31)30-12-6-7-18(16-30)14-26-23-11-5-10-22(29-23)20-13-24(27-15-21(20)25)28-19-8-3-2-4-9-19/h5,10-11,13,15,18-19H,2-4,6-9,12,14,16H2,1H3,(H,26,29)(H,27,28)/t18-/m1/s1. The fraction of sp³-hybridized carbons (Fsp3) is 0.542. The summed E-state index contributed by atoms with van der Waals surface area (Å²) in [5.41, 5.74) is 1.72. The fourth-order valence-electron chi connectivity index (χ4n) is 4.62. The van der Waals surface area contributed by atoms with Crippen molar-refractivity contribution >= 4 is 29.1 Å². The number of nitrogens with one attached hydrogen (secondary N) is 2. The lowest BCUT2D eigenvalue weighted by molar-refractivity contribution is -0.130. The first kappa shape index (κ1) is 21.9. The van der Waals surface area contributed by atoms with Crippen LogP contribution >= 0.6 is 11.6 Å². The second-order valence-corrected chi connectivity index (χ2v) is 9.20. The molecule has 1 amide bonds. The lowest BCUT2D eigenvalue weighted by atomic mass is 9.95. The van der Waals surface area contributed by atoms with Crippen LogP contribution in [0.2, 0.25) is 5.02 Å². The van der Waals surface area contributed by atoms with Gasteiger partial charge in [0, 0.05) is 44.4 Å². The quantitative estimate of drug-likeness (QED) is 0.643. The van der Waals surface area contributed by atoms with E-state index in [1.54, 1.807) is 13.1 Å². The highest BCUT2D eigenvalue weighted by atomic mass is 35.5. The molecule has 0 bridgehead atoms. The highest BCUT2D eigenvalue weighted by Gasteiger charge is 2.21. The Kier molecular flexibility index (Phi) is 7.28. The number of piperidine rings is 1. The first-order valence-electron chi connectivity index (χ1n) is 11.5. The van der Waals surface area contributed by atoms with E-state index in [4.69, 9.17) is 16.6 Å². The van der Waals surface area contributed by atoms with Crippen LogP contribution in [0.5, 0.6) is 0 Å². The van der Waals surface area contributed by atoms with Gasteiger partial charge in [-0.25, -0.2) is 9.97 Å². The van der Waals surface area contributed by atoms with E-state index in [1.165, 1.54) is 32.1 Å². The van der Waals surface area contributed by atoms with Crippen LogP contribution in [0, 0.1) is 5.92 Å². The number of likely N-dealkylation sites (tertiary alicyclic amines) is 1. The molecule has 0 unspecified atom stereocenters. The summed E-state index contributed by atoms with van der Waals surface area (Å²) in [5.74, 6) is 2.29. The molecule has 4 rings (SSSR count). The molecule has 1 atom stereocenters. The third-order valence-electron chi connectivity index (χ3n) is 6.37. The largest absolute Gasteiger partial charge is 0.370 e. The number of amides is 1. The Morgan fingerprint density at radius 2 is 2.00 bits per heavy atom. The Morgan fingerprint density at radius 1 is 1.16 bits per heavy atom. The average Bonchev–Trinajstić information content (AvgIpc) is 2.80. The van der Waals surface area contributed by atoms with Crippen molar-refractivity contribution in [1.82, 2.24) is 14.9 Å². The van der Waals surface area contributed by atoms with Crippen LogP contribution < -0.4 is 10.6 Å². The average molecular weight is 442 g/mol. The van der Waals surface area contributed by atoms with Gasteiger partial charge < -0.3 is 15.5 Å². The Labute approximate surface area is 189 Å². The van der Waals surface area contributed by atoms with Crippen LogP contribution in [0.25, 0.3) is 11.3 Å². The summed E-state index contributed by atoms with van der Waals surface area (Å²) in [6, 6.07) is 8.45. The molecular weight excluding hydrogens is 410 g/mol. The minimum Gasteiger partial charge on any atom is -0.370 e. The molecule has 1 saturated heterocycles. The van der Waals surface area contributed by atoms with Gasteiger partial charge in [0.1, 0.15) is 11.6 Å².